The van der Waals surface area contributed by atoms with Crippen molar-refractivity contribution in [3.63, 3.8) is 0 Å². The summed E-state index contributed by atoms with van der Waals surface area (Å²) in [6, 6.07) is 87.3. The standard InChI is InChI=1S/C59H39NS/c1-4-16-40(17-5-1)42-28-32-46(33-29-42)60(55-36-30-45(41-18-6-2-7-19-41)38-51(55)43-20-8-3-9-21-43)47-34-35-54-57(39-47)61-56-37-31-44-22-10-11-23-48(44)58(56)59(54)52-26-14-12-24-49(52)50-25-13-15-27-53(50)59/h1-39H. The highest BCUT2D eigenvalue weighted by Gasteiger charge is 2.51. The quantitative estimate of drug-likeness (QED) is 0.165. The van der Waals surface area contributed by atoms with Crippen LogP contribution in [0.3, 0.4) is 0 Å². The van der Waals surface area contributed by atoms with Crippen LogP contribution >= 0.6 is 11.8 Å². The number of hydrogen-bond acceptors (Lipinski definition) is 2. The predicted octanol–water partition coefficient (Wildman–Crippen LogP) is 16.1. The van der Waals surface area contributed by atoms with E-state index < -0.39 is 5.41 Å². The van der Waals surface area contributed by atoms with Gasteiger partial charge in [0.25, 0.3) is 0 Å². The summed E-state index contributed by atoms with van der Waals surface area (Å²) in [5.41, 5.74) is 18.0. The summed E-state index contributed by atoms with van der Waals surface area (Å²) in [6.07, 6.45) is 0. The molecule has 0 amide bonds. The summed E-state index contributed by atoms with van der Waals surface area (Å²) < 4.78 is 0. The van der Waals surface area contributed by atoms with Gasteiger partial charge in [-0.15, -0.1) is 0 Å². The van der Waals surface area contributed by atoms with Gasteiger partial charge in [-0.3, -0.25) is 0 Å². The van der Waals surface area contributed by atoms with Crippen LogP contribution in [0, 0.1) is 0 Å². The Labute approximate surface area is 361 Å². The summed E-state index contributed by atoms with van der Waals surface area (Å²) in [5, 5.41) is 2.57. The molecule has 12 rings (SSSR count). The normalized spacial score (nSPS) is 13.0. The zero-order valence-corrected chi connectivity index (χ0v) is 34.2. The van der Waals surface area contributed by atoms with Gasteiger partial charge in [-0.25, -0.2) is 0 Å². The topological polar surface area (TPSA) is 3.24 Å². The minimum Gasteiger partial charge on any atom is -0.310 e. The van der Waals surface area contributed by atoms with Crippen molar-refractivity contribution in [2.45, 2.75) is 15.2 Å². The zero-order chi connectivity index (χ0) is 40.3. The fraction of sp³-hybridized carbons (Fsp3) is 0.0169. The van der Waals surface area contributed by atoms with Gasteiger partial charge in [-0.2, -0.15) is 0 Å². The lowest BCUT2D eigenvalue weighted by Crippen LogP contribution is -2.32. The number of rotatable bonds is 6. The van der Waals surface area contributed by atoms with E-state index in [4.69, 9.17) is 0 Å². The van der Waals surface area contributed by atoms with Crippen molar-refractivity contribution in [2.75, 3.05) is 4.90 Å². The van der Waals surface area contributed by atoms with Crippen LogP contribution in [-0.2, 0) is 5.41 Å². The summed E-state index contributed by atoms with van der Waals surface area (Å²) in [5.74, 6) is 0. The van der Waals surface area contributed by atoms with Crippen LogP contribution in [0.5, 0.6) is 0 Å². The highest BCUT2D eigenvalue weighted by molar-refractivity contribution is 7.99. The molecule has 0 bridgehead atoms. The van der Waals surface area contributed by atoms with E-state index in [1.807, 2.05) is 11.8 Å². The molecule has 1 nitrogen and oxygen atoms in total. The molecule has 0 aromatic heterocycles. The SMILES string of the molecule is c1ccc(-c2ccc(N(c3ccc4c(c3)Sc3ccc5ccccc5c3C43c4ccccc4-c4ccccc43)c3ccc(-c4ccccc4)cc3-c3ccccc3)cc2)cc1. The number of benzene rings is 10. The molecule has 286 valence electrons. The van der Waals surface area contributed by atoms with E-state index in [0.717, 1.165) is 17.1 Å². The molecule has 0 unspecified atom stereocenters. The van der Waals surface area contributed by atoms with Crippen molar-refractivity contribution in [3.8, 4) is 44.5 Å². The van der Waals surface area contributed by atoms with Gasteiger partial charge in [0.2, 0.25) is 0 Å². The summed E-state index contributed by atoms with van der Waals surface area (Å²) in [6.45, 7) is 0. The van der Waals surface area contributed by atoms with Crippen LogP contribution < -0.4 is 4.90 Å². The van der Waals surface area contributed by atoms with Crippen molar-refractivity contribution in [2.24, 2.45) is 0 Å². The van der Waals surface area contributed by atoms with Crippen LogP contribution in [0.15, 0.2) is 246 Å². The largest absolute Gasteiger partial charge is 0.310 e. The minimum atomic E-state index is -0.489. The van der Waals surface area contributed by atoms with Gasteiger partial charge in [0.05, 0.1) is 11.1 Å². The fourth-order valence-electron chi connectivity index (χ4n) is 10.1. The van der Waals surface area contributed by atoms with E-state index in [2.05, 4.69) is 241 Å². The number of fused-ring (bicyclic) bond motifs is 11. The summed E-state index contributed by atoms with van der Waals surface area (Å²) in [4.78, 5) is 5.02. The number of hydrogen-bond donors (Lipinski definition) is 0. The fourth-order valence-corrected chi connectivity index (χ4v) is 11.3. The predicted molar refractivity (Wildman–Crippen MR) is 256 cm³/mol. The molecule has 0 N–H and O–H groups in total. The average Bonchev–Trinajstić information content (AvgIpc) is 3.62. The van der Waals surface area contributed by atoms with E-state index in [9.17, 15) is 0 Å². The molecule has 2 heteroatoms. The lowest BCUT2D eigenvalue weighted by molar-refractivity contribution is 0.730. The van der Waals surface area contributed by atoms with Crippen molar-refractivity contribution in [1.29, 1.82) is 0 Å². The highest BCUT2D eigenvalue weighted by atomic mass is 32.2. The van der Waals surface area contributed by atoms with Crippen LogP contribution in [-0.4, -0.2) is 0 Å². The Morgan fingerprint density at radius 2 is 0.869 bits per heavy atom. The Morgan fingerprint density at radius 3 is 1.56 bits per heavy atom. The van der Waals surface area contributed by atoms with Crippen molar-refractivity contribution >= 4 is 39.6 Å². The second-order valence-electron chi connectivity index (χ2n) is 16.0. The first-order chi connectivity index (χ1) is 30.3. The molecule has 0 radical (unpaired) electrons. The van der Waals surface area contributed by atoms with Crippen molar-refractivity contribution in [3.05, 3.63) is 259 Å². The van der Waals surface area contributed by atoms with E-state index >= 15 is 0 Å². The molecule has 1 heterocycles. The molecular weight excluding hydrogens is 755 g/mol. The van der Waals surface area contributed by atoms with Gasteiger partial charge >= 0.3 is 0 Å². The van der Waals surface area contributed by atoms with Crippen LogP contribution in [0.2, 0.25) is 0 Å². The third kappa shape index (κ3) is 5.64. The second kappa shape index (κ2) is 14.4. The molecule has 0 saturated heterocycles. The molecule has 0 atom stereocenters. The first-order valence-electron chi connectivity index (χ1n) is 21.0. The van der Waals surface area contributed by atoms with Gasteiger partial charge in [0.15, 0.2) is 0 Å². The summed E-state index contributed by atoms with van der Waals surface area (Å²) >= 11 is 1.90. The molecule has 10 aromatic carbocycles. The van der Waals surface area contributed by atoms with E-state index in [0.29, 0.717) is 0 Å². The maximum absolute atomic E-state index is 2.46. The smallest absolute Gasteiger partial charge is 0.0741 e. The molecule has 1 spiro atoms. The van der Waals surface area contributed by atoms with E-state index in [1.165, 1.54) is 87.3 Å². The molecular formula is C59H39NS. The third-order valence-electron chi connectivity index (χ3n) is 12.7. The zero-order valence-electron chi connectivity index (χ0n) is 33.4. The van der Waals surface area contributed by atoms with E-state index in [-0.39, 0.29) is 0 Å². The number of anilines is 3. The van der Waals surface area contributed by atoms with Gasteiger partial charge in [-0.1, -0.05) is 206 Å². The van der Waals surface area contributed by atoms with E-state index in [1.54, 1.807) is 0 Å². The van der Waals surface area contributed by atoms with Crippen molar-refractivity contribution < 1.29 is 0 Å². The molecule has 10 aromatic rings. The number of nitrogens with zero attached hydrogens (tertiary/aromatic N) is 1. The minimum absolute atomic E-state index is 0.489. The van der Waals surface area contributed by atoms with Crippen LogP contribution in [0.25, 0.3) is 55.3 Å². The van der Waals surface area contributed by atoms with Gasteiger partial charge < -0.3 is 4.90 Å². The maximum Gasteiger partial charge on any atom is 0.0741 e. The van der Waals surface area contributed by atoms with Gasteiger partial charge in [0.1, 0.15) is 0 Å². The van der Waals surface area contributed by atoms with Gasteiger partial charge in [0, 0.05) is 26.7 Å². The lowest BCUT2D eigenvalue weighted by atomic mass is 9.66. The van der Waals surface area contributed by atoms with Gasteiger partial charge in [-0.05, 0) is 114 Å². The molecule has 1 aliphatic heterocycles. The second-order valence-corrected chi connectivity index (χ2v) is 17.1. The molecule has 0 saturated carbocycles. The van der Waals surface area contributed by atoms with Crippen LogP contribution in [0.1, 0.15) is 22.3 Å². The Kier molecular flexibility index (Phi) is 8.40. The maximum atomic E-state index is 2.46. The molecule has 61 heavy (non-hydrogen) atoms. The third-order valence-corrected chi connectivity index (χ3v) is 13.8. The van der Waals surface area contributed by atoms with Crippen molar-refractivity contribution in [1.82, 2.24) is 0 Å². The molecule has 1 aliphatic carbocycles. The Balaban J connectivity index is 1.11. The lowest BCUT2D eigenvalue weighted by Gasteiger charge is -2.41. The molecule has 2 aliphatic rings. The monoisotopic (exact) mass is 793 g/mol. The first-order valence-corrected chi connectivity index (χ1v) is 21.8. The average molecular weight is 794 g/mol. The summed E-state index contributed by atoms with van der Waals surface area (Å²) in [7, 11) is 0. The first kappa shape index (κ1) is 35.5. The molecule has 0 fully saturated rings. The Morgan fingerprint density at radius 1 is 0.328 bits per heavy atom. The Bertz CT molecular complexity index is 3220. The Hall–Kier alpha value is -7.39. The van der Waals surface area contributed by atoms with Crippen LogP contribution in [0.4, 0.5) is 17.1 Å². The highest BCUT2D eigenvalue weighted by Crippen LogP contribution is 2.64.